The van der Waals surface area contributed by atoms with Gasteiger partial charge in [-0.15, -0.1) is 0 Å². The minimum atomic E-state index is -0.665. The maximum atomic E-state index is 12.4. The van der Waals surface area contributed by atoms with Gasteiger partial charge >= 0.3 is 5.70 Å². The highest BCUT2D eigenvalue weighted by Crippen LogP contribution is 2.33. The maximum absolute atomic E-state index is 12.4. The molecule has 1 aliphatic rings. The van der Waals surface area contributed by atoms with Gasteiger partial charge in [0.2, 0.25) is 12.6 Å². The van der Waals surface area contributed by atoms with Crippen molar-refractivity contribution in [3.8, 4) is 17.2 Å². The van der Waals surface area contributed by atoms with Gasteiger partial charge in [0, 0.05) is 24.6 Å². The third-order valence-electron chi connectivity index (χ3n) is 4.90. The van der Waals surface area contributed by atoms with Crippen LogP contribution in [0, 0.1) is 10.1 Å². The predicted octanol–water partition coefficient (Wildman–Crippen LogP) is 3.60. The molecule has 0 atom stereocenters. The van der Waals surface area contributed by atoms with Gasteiger partial charge < -0.3 is 19.5 Å². The van der Waals surface area contributed by atoms with Crippen molar-refractivity contribution in [2.24, 2.45) is 0 Å². The number of carbonyl (C=O) groups is 2. The molecule has 0 saturated heterocycles. The first kappa shape index (κ1) is 22.8. The van der Waals surface area contributed by atoms with E-state index < -0.39 is 16.4 Å². The number of unbranched alkanes of at least 4 members (excludes halogenated alkanes) is 2. The van der Waals surface area contributed by atoms with E-state index in [1.165, 1.54) is 6.08 Å². The normalized spacial score (nSPS) is 12.3. The zero-order valence-electron chi connectivity index (χ0n) is 17.7. The van der Waals surface area contributed by atoms with E-state index in [-0.39, 0.29) is 19.1 Å². The first-order valence-electron chi connectivity index (χ1n) is 10.2. The Morgan fingerprint density at radius 3 is 2.56 bits per heavy atom. The van der Waals surface area contributed by atoms with Crippen LogP contribution in [0.5, 0.6) is 17.2 Å². The van der Waals surface area contributed by atoms with Crippen LogP contribution < -0.4 is 19.5 Å². The van der Waals surface area contributed by atoms with Crippen LogP contribution in [0.3, 0.4) is 0 Å². The Hall–Kier alpha value is -3.88. The molecule has 0 spiro atoms. The average molecular weight is 440 g/mol. The second kappa shape index (κ2) is 10.9. The number of hydrogen-bond acceptors (Lipinski definition) is 7. The number of nitrogens with one attached hydrogen (secondary N) is 1. The summed E-state index contributed by atoms with van der Waals surface area (Å²) in [6, 6.07) is 11.7. The number of methoxy groups -OCH3 is 1. The highest BCUT2D eigenvalue weighted by Gasteiger charge is 2.22. The van der Waals surface area contributed by atoms with E-state index in [0.29, 0.717) is 54.2 Å². The molecule has 9 heteroatoms. The average Bonchev–Trinajstić information content (AvgIpc) is 3.27. The lowest BCUT2D eigenvalue weighted by molar-refractivity contribution is -0.417. The third-order valence-corrected chi connectivity index (χ3v) is 4.90. The van der Waals surface area contributed by atoms with Gasteiger partial charge in [0.1, 0.15) is 5.75 Å². The Balaban J connectivity index is 1.42. The molecule has 1 heterocycles. The quantitative estimate of drug-likeness (QED) is 0.245. The highest BCUT2D eigenvalue weighted by atomic mass is 16.7. The van der Waals surface area contributed by atoms with Crippen LogP contribution in [-0.2, 0) is 4.79 Å². The number of amides is 1. The smallest absolute Gasteiger partial charge is 0.312 e. The van der Waals surface area contributed by atoms with E-state index in [1.54, 1.807) is 49.6 Å². The van der Waals surface area contributed by atoms with Crippen molar-refractivity contribution in [3.05, 3.63) is 69.4 Å². The molecule has 0 saturated carbocycles. The van der Waals surface area contributed by atoms with Crippen LogP contribution in [0.1, 0.15) is 41.6 Å². The van der Waals surface area contributed by atoms with Crippen molar-refractivity contribution in [3.63, 3.8) is 0 Å². The minimum absolute atomic E-state index is 0.0593. The van der Waals surface area contributed by atoms with E-state index in [2.05, 4.69) is 5.32 Å². The van der Waals surface area contributed by atoms with Crippen LogP contribution in [-0.4, -0.2) is 37.1 Å². The second-order valence-electron chi connectivity index (χ2n) is 7.12. The van der Waals surface area contributed by atoms with Crippen molar-refractivity contribution in [1.29, 1.82) is 0 Å². The minimum Gasteiger partial charge on any atom is -0.497 e. The molecule has 0 bridgehead atoms. The second-order valence-corrected chi connectivity index (χ2v) is 7.12. The largest absolute Gasteiger partial charge is 0.497 e. The summed E-state index contributed by atoms with van der Waals surface area (Å²) in [7, 11) is 1.56. The molecule has 2 aromatic rings. The van der Waals surface area contributed by atoms with Gasteiger partial charge in [-0.1, -0.05) is 12.5 Å². The first-order chi connectivity index (χ1) is 15.5. The fourth-order valence-electron chi connectivity index (χ4n) is 3.16. The van der Waals surface area contributed by atoms with Gasteiger partial charge in [0.05, 0.1) is 12.0 Å². The van der Waals surface area contributed by atoms with Gasteiger partial charge in [-0.2, -0.15) is 0 Å². The van der Waals surface area contributed by atoms with Gasteiger partial charge in [0.25, 0.3) is 5.91 Å². The molecule has 9 nitrogen and oxygen atoms in total. The molecule has 0 aliphatic carbocycles. The summed E-state index contributed by atoms with van der Waals surface area (Å²) < 4.78 is 15.5. The molecular formula is C23H24N2O7. The summed E-state index contributed by atoms with van der Waals surface area (Å²) in [5.74, 6) is 1.01. The number of fused-ring (bicyclic) bond motifs is 1. The van der Waals surface area contributed by atoms with Crippen LogP contribution in [0.4, 0.5) is 0 Å². The fraction of sp³-hybridized carbons (Fsp3) is 0.304. The molecule has 0 aromatic heterocycles. The van der Waals surface area contributed by atoms with E-state index in [1.807, 2.05) is 0 Å². The van der Waals surface area contributed by atoms with Crippen molar-refractivity contribution >= 4 is 17.8 Å². The number of ketones is 1. The Labute approximate surface area is 185 Å². The summed E-state index contributed by atoms with van der Waals surface area (Å²) >= 11 is 0. The number of Topliss-reactive ketones (excluding diaryl/α,β-unsaturated/α-hetero) is 1. The zero-order chi connectivity index (χ0) is 22.9. The Bertz CT molecular complexity index is 1020. The van der Waals surface area contributed by atoms with Gasteiger partial charge in [-0.25, -0.2) is 0 Å². The number of nitrogens with zero attached hydrogens (tertiary/aromatic N) is 1. The van der Waals surface area contributed by atoms with Gasteiger partial charge in [0.15, 0.2) is 11.5 Å². The molecule has 0 unspecified atom stereocenters. The summed E-state index contributed by atoms with van der Waals surface area (Å²) in [6.07, 6.45) is 3.12. The van der Waals surface area contributed by atoms with Gasteiger partial charge in [-0.3, -0.25) is 19.7 Å². The van der Waals surface area contributed by atoms with Crippen LogP contribution in [0.2, 0.25) is 0 Å². The van der Waals surface area contributed by atoms with Gasteiger partial charge in [-0.05, 0) is 54.8 Å². The number of nitro groups is 1. The van der Waals surface area contributed by atoms with Crippen molar-refractivity contribution in [2.75, 3.05) is 20.4 Å². The molecule has 1 amide bonds. The number of carbonyl (C=O) groups excluding carboxylic acids is 2. The molecule has 32 heavy (non-hydrogen) atoms. The molecule has 2 aromatic carbocycles. The van der Waals surface area contributed by atoms with Crippen LogP contribution in [0.25, 0.3) is 6.08 Å². The third kappa shape index (κ3) is 6.07. The van der Waals surface area contributed by atoms with Crippen LogP contribution >= 0.6 is 0 Å². The number of ether oxygens (including phenoxy) is 3. The van der Waals surface area contributed by atoms with E-state index in [9.17, 15) is 19.7 Å². The number of benzene rings is 2. The summed E-state index contributed by atoms with van der Waals surface area (Å²) in [5.41, 5.74) is 0.567. The van der Waals surface area contributed by atoms with Crippen molar-refractivity contribution < 1.29 is 28.7 Å². The fourth-order valence-corrected chi connectivity index (χ4v) is 3.16. The highest BCUT2D eigenvalue weighted by molar-refractivity contribution is 5.97. The number of hydrogen-bond donors (Lipinski definition) is 1. The summed E-state index contributed by atoms with van der Waals surface area (Å²) in [4.78, 5) is 35.1. The van der Waals surface area contributed by atoms with E-state index >= 15 is 0 Å². The molecule has 3 rings (SSSR count). The molecule has 168 valence electrons. The molecule has 1 N–H and O–H groups in total. The zero-order valence-corrected chi connectivity index (χ0v) is 17.7. The molecule has 1 aliphatic heterocycles. The Morgan fingerprint density at radius 2 is 1.84 bits per heavy atom. The van der Waals surface area contributed by atoms with E-state index in [4.69, 9.17) is 14.2 Å². The van der Waals surface area contributed by atoms with Crippen molar-refractivity contribution in [1.82, 2.24) is 5.32 Å². The maximum Gasteiger partial charge on any atom is 0.312 e. The Morgan fingerprint density at radius 1 is 1.09 bits per heavy atom. The monoisotopic (exact) mass is 440 g/mol. The number of allylic oxidation sites excluding steroid dienone is 1. The lowest BCUT2D eigenvalue weighted by Gasteiger charge is -2.06. The molecule has 0 radical (unpaired) electrons. The van der Waals surface area contributed by atoms with E-state index in [0.717, 1.165) is 0 Å². The van der Waals surface area contributed by atoms with Crippen LogP contribution in [0.15, 0.2) is 48.2 Å². The Kier molecular flexibility index (Phi) is 7.80. The lowest BCUT2D eigenvalue weighted by Crippen LogP contribution is -2.24. The van der Waals surface area contributed by atoms with Crippen molar-refractivity contribution in [2.45, 2.75) is 25.7 Å². The predicted molar refractivity (Wildman–Crippen MR) is 116 cm³/mol. The SMILES string of the molecule is COc1ccc(C(=O)NCCCCCC(=O)C(=Cc2ccc3c(c2)OCO3)[N+](=O)[O-])cc1. The standard InChI is InChI=1S/C23H24N2O7/c1-30-18-9-7-17(8-10-18)23(27)24-12-4-2-3-5-20(26)19(25(28)29)13-16-6-11-21-22(14-16)32-15-31-21/h6-11,13-14H,2-5,12,15H2,1H3,(H,24,27). The molecule has 0 fully saturated rings. The molecular weight excluding hydrogens is 416 g/mol. The summed E-state index contributed by atoms with van der Waals surface area (Å²) in [5, 5.41) is 14.2. The lowest BCUT2D eigenvalue weighted by atomic mass is 10.1. The summed E-state index contributed by atoms with van der Waals surface area (Å²) in [6.45, 7) is 0.554. The number of rotatable bonds is 11. The topological polar surface area (TPSA) is 117 Å². The first-order valence-corrected chi connectivity index (χ1v) is 10.2.